The summed E-state index contributed by atoms with van der Waals surface area (Å²) in [5.74, 6) is 1.50. The van der Waals surface area contributed by atoms with Crippen molar-refractivity contribution in [3.8, 4) is 0 Å². The topological polar surface area (TPSA) is 20.3 Å². The molecule has 1 aliphatic heterocycles. The lowest BCUT2D eigenvalue weighted by atomic mass is 10.2. The van der Waals surface area contributed by atoms with Gasteiger partial charge in [0.05, 0.1) is 5.75 Å². The second kappa shape index (κ2) is 6.54. The molecule has 21 heavy (non-hydrogen) atoms. The fourth-order valence-corrected chi connectivity index (χ4v) is 3.62. The second-order valence-corrected chi connectivity index (χ2v) is 6.47. The number of halogens is 1. The predicted molar refractivity (Wildman–Crippen MR) is 90.1 cm³/mol. The Balaban J connectivity index is 1.56. The molecule has 2 nitrogen and oxygen atoms in total. The quantitative estimate of drug-likeness (QED) is 0.844. The van der Waals surface area contributed by atoms with Crippen LogP contribution in [0.25, 0.3) is 0 Å². The third kappa shape index (κ3) is 3.42. The number of amides is 1. The Morgan fingerprint density at radius 1 is 1.19 bits per heavy atom. The van der Waals surface area contributed by atoms with Gasteiger partial charge in [0, 0.05) is 23.0 Å². The molecule has 0 fully saturated rings. The molecule has 0 radical (unpaired) electrons. The number of fused-ring (bicyclic) bond motifs is 1. The van der Waals surface area contributed by atoms with Crippen molar-refractivity contribution in [2.24, 2.45) is 0 Å². The maximum Gasteiger partial charge on any atom is 0.237 e. The van der Waals surface area contributed by atoms with E-state index in [0.717, 1.165) is 35.0 Å². The van der Waals surface area contributed by atoms with E-state index in [4.69, 9.17) is 11.6 Å². The Morgan fingerprint density at radius 3 is 2.90 bits per heavy atom. The van der Waals surface area contributed by atoms with Crippen LogP contribution < -0.4 is 4.90 Å². The smallest absolute Gasteiger partial charge is 0.237 e. The lowest BCUT2D eigenvalue weighted by molar-refractivity contribution is -0.116. The molecule has 1 amide bonds. The molecular weight excluding hydrogens is 302 g/mol. The highest BCUT2D eigenvalue weighted by molar-refractivity contribution is 7.99. The minimum atomic E-state index is 0.187. The summed E-state index contributed by atoms with van der Waals surface area (Å²) in [7, 11) is 0. The zero-order valence-corrected chi connectivity index (χ0v) is 13.2. The maximum atomic E-state index is 12.3. The number of hydrogen-bond acceptors (Lipinski definition) is 2. The van der Waals surface area contributed by atoms with E-state index < -0.39 is 0 Å². The van der Waals surface area contributed by atoms with E-state index in [1.54, 1.807) is 11.8 Å². The number of nitrogens with zero attached hydrogens (tertiary/aromatic N) is 1. The van der Waals surface area contributed by atoms with Crippen molar-refractivity contribution in [1.29, 1.82) is 0 Å². The van der Waals surface area contributed by atoms with Crippen LogP contribution in [0.4, 0.5) is 5.69 Å². The van der Waals surface area contributed by atoms with Crippen molar-refractivity contribution in [2.45, 2.75) is 12.2 Å². The number of benzene rings is 2. The summed E-state index contributed by atoms with van der Waals surface area (Å²) in [5.41, 5.74) is 3.50. The van der Waals surface area contributed by atoms with Gasteiger partial charge in [0.15, 0.2) is 0 Å². The molecule has 0 saturated heterocycles. The highest BCUT2D eigenvalue weighted by atomic mass is 35.5. The molecule has 0 spiro atoms. The first-order valence-corrected chi connectivity index (χ1v) is 8.48. The van der Waals surface area contributed by atoms with E-state index in [9.17, 15) is 4.79 Å². The molecule has 1 heterocycles. The summed E-state index contributed by atoms with van der Waals surface area (Å²) >= 11 is 7.60. The van der Waals surface area contributed by atoms with Crippen molar-refractivity contribution in [2.75, 3.05) is 17.2 Å². The van der Waals surface area contributed by atoms with Crippen LogP contribution in [-0.2, 0) is 17.0 Å². The van der Waals surface area contributed by atoms with Gasteiger partial charge >= 0.3 is 0 Å². The summed E-state index contributed by atoms with van der Waals surface area (Å²) in [4.78, 5) is 14.2. The molecule has 0 aliphatic carbocycles. The van der Waals surface area contributed by atoms with E-state index in [1.807, 2.05) is 47.4 Å². The number of anilines is 1. The van der Waals surface area contributed by atoms with E-state index in [-0.39, 0.29) is 5.91 Å². The Morgan fingerprint density at radius 2 is 2.05 bits per heavy atom. The van der Waals surface area contributed by atoms with Gasteiger partial charge in [0.25, 0.3) is 0 Å². The van der Waals surface area contributed by atoms with Crippen molar-refractivity contribution in [3.63, 3.8) is 0 Å². The van der Waals surface area contributed by atoms with E-state index in [1.165, 1.54) is 5.56 Å². The van der Waals surface area contributed by atoms with Gasteiger partial charge < -0.3 is 4.90 Å². The Kier molecular flexibility index (Phi) is 4.51. The average Bonchev–Trinajstić information content (AvgIpc) is 2.91. The molecule has 3 rings (SSSR count). The van der Waals surface area contributed by atoms with Crippen molar-refractivity contribution < 1.29 is 4.79 Å². The number of thioether (sulfide) groups is 1. The highest BCUT2D eigenvalue weighted by Crippen LogP contribution is 2.28. The zero-order chi connectivity index (χ0) is 14.7. The van der Waals surface area contributed by atoms with Gasteiger partial charge in [0.2, 0.25) is 5.91 Å². The normalized spacial score (nSPS) is 13.3. The van der Waals surface area contributed by atoms with Crippen molar-refractivity contribution in [1.82, 2.24) is 0 Å². The van der Waals surface area contributed by atoms with Gasteiger partial charge in [-0.2, -0.15) is 0 Å². The minimum absolute atomic E-state index is 0.187. The summed E-state index contributed by atoms with van der Waals surface area (Å²) in [6, 6.07) is 15.9. The fraction of sp³-hybridized carbons (Fsp3) is 0.235. The van der Waals surface area contributed by atoms with Crippen LogP contribution in [0.5, 0.6) is 0 Å². The van der Waals surface area contributed by atoms with Gasteiger partial charge in [-0.1, -0.05) is 41.9 Å². The van der Waals surface area contributed by atoms with Crippen LogP contribution in [-0.4, -0.2) is 18.2 Å². The molecule has 0 N–H and O–H groups in total. The molecule has 2 aromatic rings. The maximum absolute atomic E-state index is 12.3. The Hall–Kier alpha value is -1.45. The summed E-state index contributed by atoms with van der Waals surface area (Å²) in [6.45, 7) is 0.801. The second-order valence-electron chi connectivity index (χ2n) is 5.05. The van der Waals surface area contributed by atoms with Crippen LogP contribution in [0.2, 0.25) is 5.02 Å². The fourth-order valence-electron chi connectivity index (χ4n) is 2.56. The average molecular weight is 318 g/mol. The number of rotatable bonds is 4. The first kappa shape index (κ1) is 14.5. The van der Waals surface area contributed by atoms with Crippen molar-refractivity contribution in [3.05, 3.63) is 64.7 Å². The summed E-state index contributed by atoms with van der Waals surface area (Å²) in [6.07, 6.45) is 0.959. The van der Waals surface area contributed by atoms with Crippen LogP contribution in [0.15, 0.2) is 48.5 Å². The molecule has 0 bridgehead atoms. The Labute approximate surface area is 134 Å². The summed E-state index contributed by atoms with van der Waals surface area (Å²) < 4.78 is 0. The van der Waals surface area contributed by atoms with Crippen LogP contribution in [0, 0.1) is 0 Å². The lowest BCUT2D eigenvalue weighted by Crippen LogP contribution is -2.30. The van der Waals surface area contributed by atoms with Crippen LogP contribution in [0.1, 0.15) is 11.1 Å². The lowest BCUT2D eigenvalue weighted by Gasteiger charge is -2.17. The SMILES string of the molecule is O=C(CSCc1cccc(Cl)c1)N1CCc2ccccc21. The summed E-state index contributed by atoms with van der Waals surface area (Å²) in [5, 5.41) is 0.743. The third-order valence-electron chi connectivity index (χ3n) is 3.57. The van der Waals surface area contributed by atoms with Gasteiger partial charge in [-0.05, 0) is 35.7 Å². The molecule has 108 valence electrons. The van der Waals surface area contributed by atoms with E-state index in [2.05, 4.69) is 6.07 Å². The monoisotopic (exact) mass is 317 g/mol. The number of para-hydroxylation sites is 1. The minimum Gasteiger partial charge on any atom is -0.311 e. The van der Waals surface area contributed by atoms with Crippen LogP contribution in [0.3, 0.4) is 0 Å². The zero-order valence-electron chi connectivity index (χ0n) is 11.6. The van der Waals surface area contributed by atoms with E-state index >= 15 is 0 Å². The molecule has 1 aliphatic rings. The van der Waals surface area contributed by atoms with Gasteiger partial charge in [-0.3, -0.25) is 4.79 Å². The van der Waals surface area contributed by atoms with Crippen LogP contribution >= 0.6 is 23.4 Å². The molecule has 0 atom stereocenters. The molecule has 4 heteroatoms. The van der Waals surface area contributed by atoms with Gasteiger partial charge in [0.1, 0.15) is 0 Å². The number of hydrogen-bond donors (Lipinski definition) is 0. The first-order chi connectivity index (χ1) is 10.2. The first-order valence-electron chi connectivity index (χ1n) is 6.94. The number of carbonyl (C=O) groups excluding carboxylic acids is 1. The van der Waals surface area contributed by atoms with Crippen molar-refractivity contribution >= 4 is 35.0 Å². The molecule has 2 aromatic carbocycles. The molecule has 0 saturated carbocycles. The predicted octanol–water partition coefficient (Wildman–Crippen LogP) is 4.16. The number of carbonyl (C=O) groups is 1. The van der Waals surface area contributed by atoms with E-state index in [0.29, 0.717) is 5.75 Å². The Bertz CT molecular complexity index is 659. The highest BCUT2D eigenvalue weighted by Gasteiger charge is 2.23. The largest absolute Gasteiger partial charge is 0.311 e. The molecule has 0 unspecified atom stereocenters. The molecule has 0 aromatic heterocycles. The van der Waals surface area contributed by atoms with Gasteiger partial charge in [-0.25, -0.2) is 0 Å². The molecular formula is C17H16ClNOS. The third-order valence-corrected chi connectivity index (χ3v) is 4.80. The van der Waals surface area contributed by atoms with Gasteiger partial charge in [-0.15, -0.1) is 11.8 Å². The standard InChI is InChI=1S/C17H16ClNOS/c18-15-6-3-4-13(10-15)11-21-12-17(20)19-9-8-14-5-1-2-7-16(14)19/h1-7,10H,8-9,11-12H2.